The van der Waals surface area contributed by atoms with Crippen molar-refractivity contribution in [1.82, 2.24) is 5.43 Å². The molecule has 0 unspecified atom stereocenters. The maximum Gasteiger partial charge on any atom is 0.271 e. The van der Waals surface area contributed by atoms with Crippen LogP contribution in [-0.4, -0.2) is 18.7 Å². The molecule has 0 fully saturated rings. The van der Waals surface area contributed by atoms with Gasteiger partial charge in [-0.3, -0.25) is 4.79 Å². The number of halogens is 1. The summed E-state index contributed by atoms with van der Waals surface area (Å²) in [7, 11) is 0. The van der Waals surface area contributed by atoms with Crippen LogP contribution in [0.3, 0.4) is 0 Å². The van der Waals surface area contributed by atoms with Crippen molar-refractivity contribution in [2.24, 2.45) is 5.10 Å². The van der Waals surface area contributed by atoms with E-state index in [1.807, 2.05) is 43.3 Å². The van der Waals surface area contributed by atoms with Crippen LogP contribution in [0.15, 0.2) is 94.5 Å². The molecule has 0 aliphatic heterocycles. The van der Waals surface area contributed by atoms with Crippen LogP contribution in [0.2, 0.25) is 0 Å². The second kappa shape index (κ2) is 11.5. The smallest absolute Gasteiger partial charge is 0.271 e. The highest BCUT2D eigenvalue weighted by atomic mass is 79.9. The summed E-state index contributed by atoms with van der Waals surface area (Å²) in [6, 6.07) is 27.1. The number of hydrazone groups is 1. The Morgan fingerprint density at radius 1 is 0.971 bits per heavy atom. The largest absolute Gasteiger partial charge is 0.494 e. The first-order valence-corrected chi connectivity index (χ1v) is 11.9. The van der Waals surface area contributed by atoms with Gasteiger partial charge in [-0.05, 0) is 86.7 Å². The van der Waals surface area contributed by atoms with Gasteiger partial charge >= 0.3 is 0 Å². The molecule has 0 saturated heterocycles. The van der Waals surface area contributed by atoms with Crippen molar-refractivity contribution in [3.63, 3.8) is 0 Å². The molecule has 172 valence electrons. The Hall–Kier alpha value is -3.64. The molecule has 4 aromatic rings. The maximum absolute atomic E-state index is 12.3. The molecule has 0 saturated carbocycles. The van der Waals surface area contributed by atoms with Gasteiger partial charge < -0.3 is 9.47 Å². The predicted molar refractivity (Wildman–Crippen MR) is 140 cm³/mol. The highest BCUT2D eigenvalue weighted by Gasteiger charge is 2.07. The second-order valence-electron chi connectivity index (χ2n) is 7.69. The van der Waals surface area contributed by atoms with E-state index in [1.54, 1.807) is 30.5 Å². The summed E-state index contributed by atoms with van der Waals surface area (Å²) in [5.41, 5.74) is 5.02. The lowest BCUT2D eigenvalue weighted by atomic mass is 10.1. The molecular weight excluding hydrogens is 492 g/mol. The number of nitrogens with one attached hydrogen (secondary N) is 1. The van der Waals surface area contributed by atoms with Crippen LogP contribution in [-0.2, 0) is 6.61 Å². The van der Waals surface area contributed by atoms with Crippen molar-refractivity contribution in [2.45, 2.75) is 20.0 Å². The number of nitrogens with zero attached hydrogens (tertiary/aromatic N) is 1. The second-order valence-corrected chi connectivity index (χ2v) is 8.54. The lowest BCUT2D eigenvalue weighted by molar-refractivity contribution is 0.0955. The molecule has 4 aromatic carbocycles. The van der Waals surface area contributed by atoms with Gasteiger partial charge in [0.25, 0.3) is 5.91 Å². The minimum atomic E-state index is -0.285. The van der Waals surface area contributed by atoms with Crippen LogP contribution in [0.4, 0.5) is 0 Å². The molecule has 0 heterocycles. The van der Waals surface area contributed by atoms with Crippen LogP contribution in [0.25, 0.3) is 10.8 Å². The molecule has 0 aromatic heterocycles. The normalized spacial score (nSPS) is 11.0. The number of ether oxygens (including phenoxy) is 2. The molecule has 1 N–H and O–H groups in total. The van der Waals surface area contributed by atoms with Crippen molar-refractivity contribution in [1.29, 1.82) is 0 Å². The van der Waals surface area contributed by atoms with Crippen molar-refractivity contribution < 1.29 is 14.3 Å². The summed E-state index contributed by atoms with van der Waals surface area (Å²) < 4.78 is 12.4. The molecule has 0 aliphatic rings. The van der Waals surface area contributed by atoms with E-state index in [0.29, 0.717) is 18.8 Å². The van der Waals surface area contributed by atoms with Gasteiger partial charge in [-0.15, -0.1) is 0 Å². The van der Waals surface area contributed by atoms with Crippen molar-refractivity contribution in [2.75, 3.05) is 6.61 Å². The molecule has 0 spiro atoms. The Bertz CT molecular complexity index is 1300. The van der Waals surface area contributed by atoms with E-state index in [0.717, 1.165) is 33.5 Å². The predicted octanol–water partition coefficient (Wildman–Crippen LogP) is 6.73. The fourth-order valence-electron chi connectivity index (χ4n) is 3.44. The molecule has 0 atom stereocenters. The first kappa shape index (κ1) is 23.5. The topological polar surface area (TPSA) is 59.9 Å². The third-order valence-corrected chi connectivity index (χ3v) is 5.81. The molecular formula is C28H25BrN2O3. The number of carbonyl (C=O) groups is 1. The average molecular weight is 517 g/mol. The SMILES string of the molecule is CCCOc1ccc(C(=O)N/N=C/c2ccc(OCc3cccc4ccccc34)c(Br)c2)cc1. The molecule has 0 radical (unpaired) electrons. The number of amides is 1. The van der Waals surface area contributed by atoms with Crippen LogP contribution < -0.4 is 14.9 Å². The summed E-state index contributed by atoms with van der Waals surface area (Å²) in [4.78, 5) is 12.3. The quantitative estimate of drug-likeness (QED) is 0.198. The van der Waals surface area contributed by atoms with Crippen LogP contribution in [0, 0.1) is 0 Å². The minimum Gasteiger partial charge on any atom is -0.494 e. The zero-order valence-corrected chi connectivity index (χ0v) is 20.4. The van der Waals surface area contributed by atoms with Gasteiger partial charge in [0.15, 0.2) is 0 Å². The summed E-state index contributed by atoms with van der Waals surface area (Å²) in [5.74, 6) is 1.20. The van der Waals surface area contributed by atoms with Crippen molar-refractivity contribution in [3.8, 4) is 11.5 Å². The summed E-state index contributed by atoms with van der Waals surface area (Å²) in [6.07, 6.45) is 2.53. The summed E-state index contributed by atoms with van der Waals surface area (Å²) in [6.45, 7) is 3.16. The van der Waals surface area contributed by atoms with Crippen LogP contribution in [0.1, 0.15) is 34.8 Å². The molecule has 5 nitrogen and oxygen atoms in total. The highest BCUT2D eigenvalue weighted by molar-refractivity contribution is 9.10. The highest BCUT2D eigenvalue weighted by Crippen LogP contribution is 2.27. The van der Waals surface area contributed by atoms with Crippen molar-refractivity contribution >= 4 is 38.8 Å². The van der Waals surface area contributed by atoms with Gasteiger partial charge in [-0.2, -0.15) is 5.10 Å². The van der Waals surface area contributed by atoms with Crippen molar-refractivity contribution in [3.05, 3.63) is 106 Å². The minimum absolute atomic E-state index is 0.285. The molecule has 0 aliphatic carbocycles. The van der Waals surface area contributed by atoms with E-state index < -0.39 is 0 Å². The lowest BCUT2D eigenvalue weighted by Gasteiger charge is -2.11. The zero-order chi connectivity index (χ0) is 23.8. The Morgan fingerprint density at radius 3 is 2.56 bits per heavy atom. The number of carbonyl (C=O) groups excluding carboxylic acids is 1. The first-order chi connectivity index (χ1) is 16.6. The summed E-state index contributed by atoms with van der Waals surface area (Å²) in [5, 5.41) is 6.45. The molecule has 34 heavy (non-hydrogen) atoms. The number of fused-ring (bicyclic) bond motifs is 1. The molecule has 1 amide bonds. The van der Waals surface area contributed by atoms with E-state index in [2.05, 4.69) is 50.7 Å². The van der Waals surface area contributed by atoms with Gasteiger partial charge in [0, 0.05) is 5.56 Å². The van der Waals surface area contributed by atoms with Gasteiger partial charge in [0.2, 0.25) is 0 Å². The lowest BCUT2D eigenvalue weighted by Crippen LogP contribution is -2.17. The van der Waals surface area contributed by atoms with Gasteiger partial charge in [0.05, 0.1) is 17.3 Å². The third kappa shape index (κ3) is 6.02. The fourth-order valence-corrected chi connectivity index (χ4v) is 3.95. The van der Waals surface area contributed by atoms with Gasteiger partial charge in [0.1, 0.15) is 18.1 Å². The zero-order valence-electron chi connectivity index (χ0n) is 18.8. The Kier molecular flexibility index (Phi) is 7.94. The number of hydrogen-bond donors (Lipinski definition) is 1. The van der Waals surface area contributed by atoms with E-state index >= 15 is 0 Å². The monoisotopic (exact) mass is 516 g/mol. The first-order valence-electron chi connectivity index (χ1n) is 11.1. The number of hydrogen-bond acceptors (Lipinski definition) is 4. The molecule has 4 rings (SSSR count). The fraction of sp³-hybridized carbons (Fsp3) is 0.143. The average Bonchev–Trinajstić information content (AvgIpc) is 2.87. The number of rotatable bonds is 9. The Labute approximate surface area is 207 Å². The number of benzene rings is 4. The standard InChI is InChI=1S/C28H25BrN2O3/c1-2-16-33-24-13-11-22(12-14-24)28(32)31-30-18-20-10-15-27(26(29)17-20)34-19-23-8-5-7-21-6-3-4-9-25(21)23/h3-15,17-18H,2,16,19H2,1H3,(H,31,32)/b30-18+. The van der Waals surface area contributed by atoms with Gasteiger partial charge in [-0.25, -0.2) is 5.43 Å². The van der Waals surface area contributed by atoms with E-state index in [-0.39, 0.29) is 5.91 Å². The van der Waals surface area contributed by atoms with E-state index in [1.165, 1.54) is 10.8 Å². The molecule has 6 heteroatoms. The van der Waals surface area contributed by atoms with E-state index in [9.17, 15) is 4.79 Å². The Morgan fingerprint density at radius 2 is 1.76 bits per heavy atom. The Balaban J connectivity index is 1.34. The third-order valence-electron chi connectivity index (χ3n) is 5.19. The van der Waals surface area contributed by atoms with Crippen LogP contribution >= 0.6 is 15.9 Å². The van der Waals surface area contributed by atoms with Crippen LogP contribution in [0.5, 0.6) is 11.5 Å². The maximum atomic E-state index is 12.3. The van der Waals surface area contributed by atoms with E-state index in [4.69, 9.17) is 9.47 Å². The summed E-state index contributed by atoms with van der Waals surface area (Å²) >= 11 is 3.57. The van der Waals surface area contributed by atoms with Gasteiger partial charge in [-0.1, -0.05) is 49.4 Å². The molecule has 0 bridgehead atoms.